The number of aliphatic imine (C=N–C) groups is 1. The van der Waals surface area contributed by atoms with Crippen LogP contribution in [0.15, 0.2) is 94.4 Å². The van der Waals surface area contributed by atoms with Gasteiger partial charge in [0.15, 0.2) is 5.17 Å². The van der Waals surface area contributed by atoms with Gasteiger partial charge in [0.25, 0.3) is 0 Å². The summed E-state index contributed by atoms with van der Waals surface area (Å²) < 4.78 is 27.2. The van der Waals surface area contributed by atoms with Crippen molar-refractivity contribution < 1.29 is 8.78 Å². The lowest BCUT2D eigenvalue weighted by Crippen LogP contribution is -2.42. The van der Waals surface area contributed by atoms with Crippen LogP contribution < -0.4 is 5.32 Å². The summed E-state index contributed by atoms with van der Waals surface area (Å²) in [6.45, 7) is 3.15. The van der Waals surface area contributed by atoms with Gasteiger partial charge in [-0.25, -0.2) is 18.7 Å². The predicted molar refractivity (Wildman–Crippen MR) is 149 cm³/mol. The number of nitrogens with zero attached hydrogens (tertiary/aromatic N) is 5. The van der Waals surface area contributed by atoms with E-state index in [2.05, 4.69) is 20.1 Å². The third kappa shape index (κ3) is 5.49. The Kier molecular flexibility index (Phi) is 7.20. The van der Waals surface area contributed by atoms with Gasteiger partial charge in [-0.2, -0.15) is 0 Å². The Morgan fingerprint density at radius 2 is 1.97 bits per heavy atom. The normalized spacial score (nSPS) is 21.6. The molecule has 2 aromatic rings. The van der Waals surface area contributed by atoms with Crippen LogP contribution >= 0.6 is 11.8 Å². The highest BCUT2D eigenvalue weighted by molar-refractivity contribution is 8.16. The molecule has 6 nitrogen and oxygen atoms in total. The van der Waals surface area contributed by atoms with Crippen LogP contribution in [0.25, 0.3) is 5.70 Å². The molecule has 1 aromatic heterocycles. The number of piperidine rings is 1. The van der Waals surface area contributed by atoms with Gasteiger partial charge in [-0.1, -0.05) is 36.0 Å². The molecule has 1 atom stereocenters. The largest absolute Gasteiger partial charge is 0.350 e. The maximum atomic E-state index is 13.9. The molecule has 38 heavy (non-hydrogen) atoms. The topological polar surface area (TPSA) is 56.7 Å². The highest BCUT2D eigenvalue weighted by Crippen LogP contribution is 2.37. The van der Waals surface area contributed by atoms with E-state index in [4.69, 9.17) is 9.98 Å². The molecular weight excluding hydrogens is 502 g/mol. The van der Waals surface area contributed by atoms with E-state index in [0.717, 1.165) is 65.7 Å². The third-order valence-corrected chi connectivity index (χ3v) is 7.76. The lowest BCUT2D eigenvalue weighted by Gasteiger charge is -2.33. The predicted octanol–water partition coefficient (Wildman–Crippen LogP) is 6.03. The van der Waals surface area contributed by atoms with Gasteiger partial charge in [-0.3, -0.25) is 14.8 Å². The second kappa shape index (κ2) is 11.0. The zero-order valence-electron chi connectivity index (χ0n) is 20.9. The van der Waals surface area contributed by atoms with Crippen molar-refractivity contribution in [3.63, 3.8) is 0 Å². The third-order valence-electron chi connectivity index (χ3n) is 6.97. The number of nitrogens with one attached hydrogen (secondary N) is 1. The summed E-state index contributed by atoms with van der Waals surface area (Å²) in [5.74, 6) is 0.141. The van der Waals surface area contributed by atoms with Gasteiger partial charge < -0.3 is 5.32 Å². The Morgan fingerprint density at radius 1 is 1.08 bits per heavy atom. The number of fused-ring (bicyclic) bond motifs is 1. The highest BCUT2D eigenvalue weighted by Gasteiger charge is 2.29. The molecule has 0 saturated carbocycles. The number of amidine groups is 1. The molecular formula is C29H28F2N6S. The number of rotatable bonds is 6. The van der Waals surface area contributed by atoms with Gasteiger partial charge in [0.05, 0.1) is 17.9 Å². The Labute approximate surface area is 225 Å². The molecule has 1 saturated heterocycles. The zero-order valence-corrected chi connectivity index (χ0v) is 21.7. The molecule has 0 amide bonds. The Morgan fingerprint density at radius 3 is 2.87 bits per heavy atom. The first-order valence-corrected chi connectivity index (χ1v) is 13.7. The van der Waals surface area contributed by atoms with Gasteiger partial charge in [-0.15, -0.1) is 0 Å². The lowest BCUT2D eigenvalue weighted by atomic mass is 9.99. The Balaban J connectivity index is 1.23. The molecule has 4 heterocycles. The van der Waals surface area contributed by atoms with Crippen molar-refractivity contribution in [1.82, 2.24) is 19.8 Å². The number of thioether (sulfide) groups is 1. The number of anilines is 1. The van der Waals surface area contributed by atoms with Gasteiger partial charge in [0, 0.05) is 37.1 Å². The number of likely N-dealkylation sites (tertiary alicyclic amines) is 1. The van der Waals surface area contributed by atoms with Crippen LogP contribution in [0, 0.1) is 5.82 Å². The fourth-order valence-electron chi connectivity index (χ4n) is 5.16. The molecule has 194 valence electrons. The van der Waals surface area contributed by atoms with Gasteiger partial charge in [-0.05, 0) is 72.7 Å². The smallest absolute Gasteiger partial charge is 0.223 e. The maximum Gasteiger partial charge on any atom is 0.223 e. The van der Waals surface area contributed by atoms with Crippen LogP contribution in [0.4, 0.5) is 14.7 Å². The van der Waals surface area contributed by atoms with Gasteiger partial charge in [0.1, 0.15) is 11.6 Å². The minimum Gasteiger partial charge on any atom is -0.350 e. The molecule has 1 unspecified atom stereocenters. The number of allylic oxidation sites excluding steroid dienone is 5. The molecule has 9 heteroatoms. The van der Waals surface area contributed by atoms with E-state index in [1.807, 2.05) is 42.0 Å². The quantitative estimate of drug-likeness (QED) is 0.492. The van der Waals surface area contributed by atoms with Crippen LogP contribution in [-0.2, 0) is 6.54 Å². The number of aromatic nitrogens is 2. The lowest BCUT2D eigenvalue weighted by molar-refractivity contribution is 0.208. The molecule has 1 fully saturated rings. The Hall–Kier alpha value is -3.56. The van der Waals surface area contributed by atoms with Crippen molar-refractivity contribution >= 4 is 28.6 Å². The van der Waals surface area contributed by atoms with E-state index in [-0.39, 0.29) is 17.7 Å². The molecule has 1 N–H and O–H groups in total. The molecule has 0 spiro atoms. The monoisotopic (exact) mass is 530 g/mol. The van der Waals surface area contributed by atoms with Crippen molar-refractivity contribution in [3.8, 4) is 0 Å². The van der Waals surface area contributed by atoms with Gasteiger partial charge in [0.2, 0.25) is 5.95 Å². The summed E-state index contributed by atoms with van der Waals surface area (Å²) in [4.78, 5) is 18.7. The van der Waals surface area contributed by atoms with Crippen LogP contribution in [0.3, 0.4) is 0 Å². The van der Waals surface area contributed by atoms with Crippen molar-refractivity contribution in [2.45, 2.75) is 31.8 Å². The molecule has 1 aliphatic carbocycles. The minimum absolute atomic E-state index is 0.208. The second-order valence-corrected chi connectivity index (χ2v) is 10.5. The molecule has 3 aliphatic heterocycles. The molecule has 0 bridgehead atoms. The molecule has 6 rings (SSSR count). The first-order valence-electron chi connectivity index (χ1n) is 12.8. The number of hydrogen-bond acceptors (Lipinski definition) is 7. The number of benzene rings is 1. The zero-order chi connectivity index (χ0) is 25.9. The first-order chi connectivity index (χ1) is 18.6. The fraction of sp³-hybridized carbons (Fsp3) is 0.276. The van der Waals surface area contributed by atoms with Gasteiger partial charge >= 0.3 is 0 Å². The Bertz CT molecular complexity index is 1390. The SMILES string of the molecule is FC1=CCC=C(C2=C(c3ccnc(NC4CCCN(Cc5ccc(F)cc5)C4)n3)N3C=CSC3=NC2)C=C1. The first kappa shape index (κ1) is 24.8. The summed E-state index contributed by atoms with van der Waals surface area (Å²) >= 11 is 1.58. The summed E-state index contributed by atoms with van der Waals surface area (Å²) in [5, 5.41) is 6.47. The van der Waals surface area contributed by atoms with Crippen LogP contribution in [0.5, 0.6) is 0 Å². The molecule has 4 aliphatic rings. The highest BCUT2D eigenvalue weighted by atomic mass is 32.2. The van der Waals surface area contributed by atoms with Crippen molar-refractivity contribution in [2.24, 2.45) is 4.99 Å². The standard InChI is InChI=1S/C29H28F2N6S/c30-22-4-1-3-21(8-11-22)25-17-33-29-37(15-16-38-29)27(25)26-12-13-32-28(35-26)34-24-5-2-14-36(19-24)18-20-6-9-23(31)10-7-20/h3-4,6-13,15-16,24H,1-2,5,14,17-19H2,(H,32,34,35). The summed E-state index contributed by atoms with van der Waals surface area (Å²) in [6, 6.07) is 8.85. The molecule has 0 radical (unpaired) electrons. The van der Waals surface area contributed by atoms with Crippen molar-refractivity contribution in [1.29, 1.82) is 0 Å². The minimum atomic E-state index is -0.232. The van der Waals surface area contributed by atoms with Crippen molar-refractivity contribution in [3.05, 3.63) is 106 Å². The van der Waals surface area contributed by atoms with E-state index in [9.17, 15) is 8.78 Å². The average molecular weight is 531 g/mol. The van der Waals surface area contributed by atoms with E-state index >= 15 is 0 Å². The average Bonchev–Trinajstić information content (AvgIpc) is 3.30. The van der Waals surface area contributed by atoms with E-state index in [1.165, 1.54) is 18.2 Å². The fourth-order valence-corrected chi connectivity index (χ4v) is 5.87. The van der Waals surface area contributed by atoms with E-state index in [1.54, 1.807) is 24.0 Å². The number of halogens is 2. The molecule has 1 aromatic carbocycles. The summed E-state index contributed by atoms with van der Waals surface area (Å²) in [6.07, 6.45) is 13.3. The van der Waals surface area contributed by atoms with Crippen LogP contribution in [0.2, 0.25) is 0 Å². The van der Waals surface area contributed by atoms with Crippen LogP contribution in [-0.4, -0.2) is 50.6 Å². The van der Waals surface area contributed by atoms with Crippen molar-refractivity contribution in [2.75, 3.05) is 25.0 Å². The second-order valence-electron chi connectivity index (χ2n) is 9.63. The maximum absolute atomic E-state index is 13.9. The van der Waals surface area contributed by atoms with E-state index in [0.29, 0.717) is 18.9 Å². The van der Waals surface area contributed by atoms with Crippen LogP contribution in [0.1, 0.15) is 30.5 Å². The van der Waals surface area contributed by atoms with E-state index < -0.39 is 0 Å². The number of hydrogen-bond donors (Lipinski definition) is 1. The summed E-state index contributed by atoms with van der Waals surface area (Å²) in [7, 11) is 0. The summed E-state index contributed by atoms with van der Waals surface area (Å²) in [5.41, 5.74) is 4.80.